The Hall–Kier alpha value is -3.09. The predicted octanol–water partition coefficient (Wildman–Crippen LogP) is 3.10. The van der Waals surface area contributed by atoms with Crippen LogP contribution in [0.4, 0.5) is 5.69 Å². The number of hydrogen-bond donors (Lipinski definition) is 2. The van der Waals surface area contributed by atoms with Crippen molar-refractivity contribution in [1.82, 2.24) is 14.6 Å². The summed E-state index contributed by atoms with van der Waals surface area (Å²) in [6.45, 7) is 2.14. The molecule has 0 spiro atoms. The third kappa shape index (κ3) is 3.58. The summed E-state index contributed by atoms with van der Waals surface area (Å²) >= 11 is 0. The minimum atomic E-state index is -0.486. The molecule has 1 aliphatic carbocycles. The zero-order valence-corrected chi connectivity index (χ0v) is 15.5. The van der Waals surface area contributed by atoms with Gasteiger partial charge >= 0.3 is 0 Å². The minimum absolute atomic E-state index is 0.253. The second-order valence-corrected chi connectivity index (χ2v) is 7.17. The van der Waals surface area contributed by atoms with Crippen molar-refractivity contribution in [2.75, 3.05) is 12.4 Å². The van der Waals surface area contributed by atoms with Crippen molar-refractivity contribution in [2.24, 2.45) is 11.7 Å². The van der Waals surface area contributed by atoms with E-state index in [1.54, 1.807) is 17.8 Å². The lowest BCUT2D eigenvalue weighted by Gasteiger charge is -2.17. The first-order chi connectivity index (χ1) is 13.0. The van der Waals surface area contributed by atoms with Gasteiger partial charge in [0.25, 0.3) is 5.91 Å². The van der Waals surface area contributed by atoms with E-state index in [9.17, 15) is 4.79 Å². The molecule has 0 aliphatic heterocycles. The number of nitrogens with zero attached hydrogens (tertiary/aromatic N) is 3. The molecule has 0 bridgehead atoms. The van der Waals surface area contributed by atoms with Gasteiger partial charge < -0.3 is 15.8 Å². The van der Waals surface area contributed by atoms with Crippen LogP contribution in [0.3, 0.4) is 0 Å². The Labute approximate surface area is 157 Å². The Balaban J connectivity index is 1.74. The molecule has 0 aromatic carbocycles. The van der Waals surface area contributed by atoms with E-state index in [1.807, 2.05) is 24.4 Å². The largest absolute Gasteiger partial charge is 0.481 e. The van der Waals surface area contributed by atoms with E-state index < -0.39 is 5.91 Å². The number of carbonyl (C=O) groups excluding carboxylic acids is 1. The van der Waals surface area contributed by atoms with Crippen molar-refractivity contribution >= 4 is 17.1 Å². The van der Waals surface area contributed by atoms with Gasteiger partial charge in [0.15, 0.2) is 0 Å². The fourth-order valence-corrected chi connectivity index (χ4v) is 3.38. The van der Waals surface area contributed by atoms with Gasteiger partial charge in [0, 0.05) is 35.6 Å². The standard InChI is InChI=1S/C20H23N5O2/c1-12(7-13-3-4-13)24-19-16(20(21)26)10-23-25-11-15(8-17(19)25)14-5-6-18(27-2)22-9-14/h5-6,8-13,24H,3-4,7H2,1-2H3,(H2,21,26). The number of carbonyl (C=O) groups is 1. The summed E-state index contributed by atoms with van der Waals surface area (Å²) in [5, 5.41) is 7.85. The zero-order valence-electron chi connectivity index (χ0n) is 15.5. The molecule has 3 N–H and O–H groups in total. The number of nitrogens with one attached hydrogen (secondary N) is 1. The third-order valence-corrected chi connectivity index (χ3v) is 4.96. The summed E-state index contributed by atoms with van der Waals surface area (Å²) in [6, 6.07) is 6.01. The smallest absolute Gasteiger partial charge is 0.252 e. The molecule has 7 heteroatoms. The number of aromatic nitrogens is 3. The van der Waals surface area contributed by atoms with E-state index >= 15 is 0 Å². The summed E-state index contributed by atoms with van der Waals surface area (Å²) < 4.78 is 6.88. The Morgan fingerprint density at radius 2 is 2.19 bits per heavy atom. The number of amides is 1. The quantitative estimate of drug-likeness (QED) is 0.671. The van der Waals surface area contributed by atoms with Gasteiger partial charge in [-0.05, 0) is 31.4 Å². The molecule has 1 fully saturated rings. The van der Waals surface area contributed by atoms with Crippen LogP contribution < -0.4 is 15.8 Å². The number of methoxy groups -OCH3 is 1. The van der Waals surface area contributed by atoms with Gasteiger partial charge in [-0.3, -0.25) is 4.79 Å². The van der Waals surface area contributed by atoms with Crippen LogP contribution in [0.5, 0.6) is 5.88 Å². The maximum atomic E-state index is 11.9. The molecule has 4 rings (SSSR count). The first kappa shape index (κ1) is 17.3. The molecule has 1 atom stereocenters. The molecule has 3 heterocycles. The Kier molecular flexibility index (Phi) is 4.43. The number of fused-ring (bicyclic) bond motifs is 1. The van der Waals surface area contributed by atoms with Crippen molar-refractivity contribution in [2.45, 2.75) is 32.2 Å². The zero-order chi connectivity index (χ0) is 19.0. The van der Waals surface area contributed by atoms with Crippen molar-refractivity contribution in [1.29, 1.82) is 0 Å². The average molecular weight is 365 g/mol. The maximum absolute atomic E-state index is 11.9. The molecule has 27 heavy (non-hydrogen) atoms. The highest BCUT2D eigenvalue weighted by Crippen LogP contribution is 2.35. The summed E-state index contributed by atoms with van der Waals surface area (Å²) in [7, 11) is 1.59. The highest BCUT2D eigenvalue weighted by molar-refractivity contribution is 6.02. The molecule has 1 saturated carbocycles. The van der Waals surface area contributed by atoms with Crippen molar-refractivity contribution in [3.8, 4) is 17.0 Å². The lowest BCUT2D eigenvalue weighted by molar-refractivity contribution is 0.100. The van der Waals surface area contributed by atoms with E-state index in [2.05, 4.69) is 22.3 Å². The number of nitrogens with two attached hydrogens (primary N) is 1. The number of pyridine rings is 1. The molecule has 7 nitrogen and oxygen atoms in total. The van der Waals surface area contributed by atoms with Gasteiger partial charge in [-0.2, -0.15) is 5.10 Å². The molecular formula is C20H23N5O2. The van der Waals surface area contributed by atoms with Gasteiger partial charge in [-0.25, -0.2) is 9.50 Å². The summed E-state index contributed by atoms with van der Waals surface area (Å²) in [5.74, 6) is 0.864. The third-order valence-electron chi connectivity index (χ3n) is 4.96. The number of primary amides is 1. The van der Waals surface area contributed by atoms with Crippen LogP contribution in [0.2, 0.25) is 0 Å². The second kappa shape index (κ2) is 6.90. The van der Waals surface area contributed by atoms with Crippen LogP contribution in [-0.4, -0.2) is 33.7 Å². The molecule has 140 valence electrons. The predicted molar refractivity (Wildman–Crippen MR) is 104 cm³/mol. The van der Waals surface area contributed by atoms with E-state index in [-0.39, 0.29) is 6.04 Å². The van der Waals surface area contributed by atoms with Crippen LogP contribution in [0, 0.1) is 5.92 Å². The maximum Gasteiger partial charge on any atom is 0.252 e. The van der Waals surface area contributed by atoms with Crippen molar-refractivity contribution < 1.29 is 9.53 Å². The van der Waals surface area contributed by atoms with E-state index in [4.69, 9.17) is 10.5 Å². The minimum Gasteiger partial charge on any atom is -0.481 e. The lowest BCUT2D eigenvalue weighted by Crippen LogP contribution is -2.21. The van der Waals surface area contributed by atoms with Crippen LogP contribution in [-0.2, 0) is 0 Å². The van der Waals surface area contributed by atoms with E-state index in [1.165, 1.54) is 19.0 Å². The van der Waals surface area contributed by atoms with E-state index in [0.29, 0.717) is 11.4 Å². The highest BCUT2D eigenvalue weighted by atomic mass is 16.5. The molecule has 1 unspecified atom stereocenters. The molecule has 0 radical (unpaired) electrons. The highest BCUT2D eigenvalue weighted by Gasteiger charge is 2.25. The molecule has 1 aliphatic rings. The van der Waals surface area contributed by atoms with Crippen LogP contribution in [0.1, 0.15) is 36.5 Å². The molecule has 1 amide bonds. The Bertz CT molecular complexity index is 976. The first-order valence-corrected chi connectivity index (χ1v) is 9.13. The lowest BCUT2D eigenvalue weighted by atomic mass is 10.1. The van der Waals surface area contributed by atoms with Gasteiger partial charge in [-0.15, -0.1) is 0 Å². The molecule has 3 aromatic heterocycles. The average Bonchev–Trinajstić information content (AvgIpc) is 3.36. The molecule has 3 aromatic rings. The monoisotopic (exact) mass is 365 g/mol. The summed E-state index contributed by atoms with van der Waals surface area (Å²) in [5.41, 5.74) is 9.45. The number of ether oxygens (including phenoxy) is 1. The number of hydrogen-bond acceptors (Lipinski definition) is 5. The summed E-state index contributed by atoms with van der Waals surface area (Å²) in [6.07, 6.45) is 8.87. The van der Waals surface area contributed by atoms with Gasteiger partial charge in [0.1, 0.15) is 0 Å². The normalized spacial score (nSPS) is 14.9. The van der Waals surface area contributed by atoms with Crippen molar-refractivity contribution in [3.63, 3.8) is 0 Å². The van der Waals surface area contributed by atoms with Crippen molar-refractivity contribution in [3.05, 3.63) is 42.4 Å². The summed E-state index contributed by atoms with van der Waals surface area (Å²) in [4.78, 5) is 16.2. The second-order valence-electron chi connectivity index (χ2n) is 7.17. The topological polar surface area (TPSA) is 94.5 Å². The first-order valence-electron chi connectivity index (χ1n) is 9.13. The molecular weight excluding hydrogens is 342 g/mol. The number of anilines is 1. The fourth-order valence-electron chi connectivity index (χ4n) is 3.38. The Morgan fingerprint density at radius 1 is 1.37 bits per heavy atom. The van der Waals surface area contributed by atoms with Crippen LogP contribution in [0.15, 0.2) is 36.8 Å². The van der Waals surface area contributed by atoms with Gasteiger partial charge in [0.05, 0.1) is 30.1 Å². The van der Waals surface area contributed by atoms with Crippen LogP contribution in [0.25, 0.3) is 16.6 Å². The molecule has 0 saturated heterocycles. The fraction of sp³-hybridized carbons (Fsp3) is 0.350. The van der Waals surface area contributed by atoms with Crippen LogP contribution >= 0.6 is 0 Å². The van der Waals surface area contributed by atoms with Gasteiger partial charge in [0.2, 0.25) is 5.88 Å². The van der Waals surface area contributed by atoms with E-state index in [0.717, 1.165) is 34.7 Å². The number of rotatable bonds is 7. The SMILES string of the molecule is COc1ccc(-c2cc3c(NC(C)CC4CC4)c(C(N)=O)cnn3c2)cn1. The van der Waals surface area contributed by atoms with Gasteiger partial charge in [-0.1, -0.05) is 12.8 Å². The Morgan fingerprint density at radius 3 is 2.81 bits per heavy atom.